The Hall–Kier alpha value is -3.32. The molecule has 1 aromatic carbocycles. The summed E-state index contributed by atoms with van der Waals surface area (Å²) in [7, 11) is 0. The van der Waals surface area contributed by atoms with Crippen molar-refractivity contribution in [3.63, 3.8) is 0 Å². The number of carbonyl (C=O) groups excluding carboxylic acids is 1. The van der Waals surface area contributed by atoms with Gasteiger partial charge in [0.05, 0.1) is 34.4 Å². The van der Waals surface area contributed by atoms with Crippen LogP contribution in [-0.4, -0.2) is 31.4 Å². The van der Waals surface area contributed by atoms with Crippen LogP contribution in [0.3, 0.4) is 0 Å². The van der Waals surface area contributed by atoms with Crippen molar-refractivity contribution in [3.05, 3.63) is 82.7 Å². The largest absolute Gasteiger partial charge is 0.389 e. The molecule has 3 N–H and O–H groups in total. The number of fused-ring (bicyclic) bond motifs is 2. The lowest BCUT2D eigenvalue weighted by molar-refractivity contribution is -0.0570. The topological polar surface area (TPSA) is 94.0 Å². The van der Waals surface area contributed by atoms with Gasteiger partial charge in [-0.15, -0.1) is 0 Å². The Balaban J connectivity index is 1.47. The number of pyridine rings is 1. The summed E-state index contributed by atoms with van der Waals surface area (Å²) in [6.45, 7) is 2.12. The van der Waals surface area contributed by atoms with Crippen LogP contribution in [0.25, 0.3) is 11.8 Å². The van der Waals surface area contributed by atoms with E-state index in [-0.39, 0.29) is 5.82 Å². The van der Waals surface area contributed by atoms with Gasteiger partial charge in [0.25, 0.3) is 5.91 Å². The number of aryl methyl sites for hydroxylation is 1. The summed E-state index contributed by atoms with van der Waals surface area (Å²) in [6, 6.07) is 9.68. The maximum absolute atomic E-state index is 13.4. The second-order valence-corrected chi connectivity index (χ2v) is 9.12. The number of aliphatic hydroxyl groups is 1. The molecule has 0 unspecified atom stereocenters. The summed E-state index contributed by atoms with van der Waals surface area (Å²) >= 11 is 0. The van der Waals surface area contributed by atoms with Crippen molar-refractivity contribution in [2.45, 2.75) is 51.0 Å². The molecule has 2 aliphatic carbocycles. The van der Waals surface area contributed by atoms with Gasteiger partial charge in [-0.2, -0.15) is 5.10 Å². The lowest BCUT2D eigenvalue weighted by atomic mass is 9.63. The molecule has 0 saturated heterocycles. The van der Waals surface area contributed by atoms with E-state index in [9.17, 15) is 14.3 Å². The van der Waals surface area contributed by atoms with Crippen molar-refractivity contribution in [1.29, 1.82) is 0 Å². The van der Waals surface area contributed by atoms with E-state index in [1.807, 2.05) is 10.9 Å². The fourth-order valence-corrected chi connectivity index (χ4v) is 5.80. The number of carbonyl (C=O) groups is 1. The summed E-state index contributed by atoms with van der Waals surface area (Å²) in [5.74, 6) is -0.783. The standard InChI is InChI=1S/C26H27FN4O2/c1-2-25-15-17-16-30-31(20-7-5-19(27)6-8-20)23(17)14-18(25)9-11-26(25,33)12-10-22-21(24(28)32)4-3-13-29-22/h3-8,13-14,16,33H,2,9-12,15H2,1H3,(H2,28,32)/t25-,26+/m0/s1. The molecule has 0 aliphatic heterocycles. The van der Waals surface area contributed by atoms with Gasteiger partial charge in [0.2, 0.25) is 0 Å². The highest BCUT2D eigenvalue weighted by molar-refractivity contribution is 5.93. The number of aromatic nitrogens is 3. The van der Waals surface area contributed by atoms with Gasteiger partial charge in [-0.1, -0.05) is 12.5 Å². The third-order valence-corrected chi connectivity index (χ3v) is 7.61. The van der Waals surface area contributed by atoms with Crippen molar-refractivity contribution < 1.29 is 14.3 Å². The number of benzene rings is 1. The fourth-order valence-electron chi connectivity index (χ4n) is 5.80. The van der Waals surface area contributed by atoms with Gasteiger partial charge in [-0.3, -0.25) is 9.78 Å². The molecule has 2 aromatic heterocycles. The molecule has 0 radical (unpaired) electrons. The monoisotopic (exact) mass is 446 g/mol. The first kappa shape index (κ1) is 21.5. The van der Waals surface area contributed by atoms with E-state index < -0.39 is 16.9 Å². The van der Waals surface area contributed by atoms with Crippen molar-refractivity contribution >= 4 is 12.0 Å². The average molecular weight is 447 g/mol. The summed E-state index contributed by atoms with van der Waals surface area (Å²) < 4.78 is 15.2. The molecule has 2 aliphatic rings. The number of nitrogens with two attached hydrogens (primary N) is 1. The number of nitrogens with zero attached hydrogens (tertiary/aromatic N) is 3. The van der Waals surface area contributed by atoms with E-state index in [0.717, 1.165) is 29.8 Å². The highest BCUT2D eigenvalue weighted by Crippen LogP contribution is 2.58. The van der Waals surface area contributed by atoms with Gasteiger partial charge in [0.15, 0.2) is 0 Å². The Morgan fingerprint density at radius 1 is 1.27 bits per heavy atom. The molecule has 2 heterocycles. The van der Waals surface area contributed by atoms with E-state index >= 15 is 0 Å². The quantitative estimate of drug-likeness (QED) is 0.598. The molecule has 33 heavy (non-hydrogen) atoms. The molecule has 5 rings (SSSR count). The first-order valence-corrected chi connectivity index (χ1v) is 11.4. The third kappa shape index (κ3) is 3.38. The van der Waals surface area contributed by atoms with E-state index in [1.165, 1.54) is 17.7 Å². The van der Waals surface area contributed by atoms with Crippen molar-refractivity contribution in [3.8, 4) is 5.69 Å². The maximum atomic E-state index is 13.4. The first-order valence-electron chi connectivity index (χ1n) is 11.4. The predicted molar refractivity (Wildman–Crippen MR) is 123 cm³/mol. The Morgan fingerprint density at radius 2 is 2.06 bits per heavy atom. The van der Waals surface area contributed by atoms with Crippen LogP contribution in [0.4, 0.5) is 4.39 Å². The summed E-state index contributed by atoms with van der Waals surface area (Å²) in [5.41, 5.74) is 9.34. The maximum Gasteiger partial charge on any atom is 0.250 e. The van der Waals surface area contributed by atoms with Crippen LogP contribution in [0.2, 0.25) is 0 Å². The Kier molecular flexibility index (Phi) is 5.16. The molecule has 0 bridgehead atoms. The molecule has 7 heteroatoms. The van der Waals surface area contributed by atoms with Gasteiger partial charge < -0.3 is 10.8 Å². The Bertz CT molecular complexity index is 1250. The van der Waals surface area contributed by atoms with E-state index in [4.69, 9.17) is 5.73 Å². The molecular formula is C26H27FN4O2. The van der Waals surface area contributed by atoms with Crippen LogP contribution in [0, 0.1) is 11.2 Å². The van der Waals surface area contributed by atoms with Crippen LogP contribution >= 0.6 is 0 Å². The predicted octanol–water partition coefficient (Wildman–Crippen LogP) is 4.00. The van der Waals surface area contributed by atoms with Crippen LogP contribution < -0.4 is 5.73 Å². The minimum Gasteiger partial charge on any atom is -0.389 e. The minimum atomic E-state index is -0.921. The molecule has 1 amide bonds. The minimum absolute atomic E-state index is 0.281. The van der Waals surface area contributed by atoms with Crippen molar-refractivity contribution in [1.82, 2.24) is 14.8 Å². The average Bonchev–Trinajstić information content (AvgIpc) is 3.35. The number of hydrogen-bond donors (Lipinski definition) is 2. The zero-order valence-electron chi connectivity index (χ0n) is 18.6. The zero-order valence-corrected chi connectivity index (χ0v) is 18.6. The number of rotatable bonds is 6. The molecular weight excluding hydrogens is 419 g/mol. The van der Waals surface area contributed by atoms with E-state index in [1.54, 1.807) is 30.5 Å². The summed E-state index contributed by atoms with van der Waals surface area (Å²) in [4.78, 5) is 16.2. The second-order valence-electron chi connectivity index (χ2n) is 9.12. The molecule has 0 spiro atoms. The molecule has 2 atom stereocenters. The highest BCUT2D eigenvalue weighted by atomic mass is 19.1. The molecule has 170 valence electrons. The fraction of sp³-hybridized carbons (Fsp3) is 0.346. The van der Waals surface area contributed by atoms with E-state index in [2.05, 4.69) is 23.1 Å². The number of halogens is 1. The smallest absolute Gasteiger partial charge is 0.250 e. The van der Waals surface area contributed by atoms with Crippen molar-refractivity contribution in [2.24, 2.45) is 11.1 Å². The number of hydrogen-bond acceptors (Lipinski definition) is 4. The van der Waals surface area contributed by atoms with E-state index in [0.29, 0.717) is 36.9 Å². The van der Waals surface area contributed by atoms with Gasteiger partial charge >= 0.3 is 0 Å². The number of primary amides is 1. The van der Waals surface area contributed by atoms with Crippen LogP contribution in [0.5, 0.6) is 0 Å². The second kappa shape index (κ2) is 7.92. The number of amides is 1. The third-order valence-electron chi connectivity index (χ3n) is 7.61. The Morgan fingerprint density at radius 3 is 2.79 bits per heavy atom. The highest BCUT2D eigenvalue weighted by Gasteiger charge is 2.56. The Labute approximate surface area is 192 Å². The zero-order chi connectivity index (χ0) is 23.2. The summed E-state index contributed by atoms with van der Waals surface area (Å²) in [6.07, 6.45) is 9.57. The van der Waals surface area contributed by atoms with Gasteiger partial charge in [0, 0.05) is 11.6 Å². The van der Waals surface area contributed by atoms with Crippen LogP contribution in [-0.2, 0) is 12.8 Å². The van der Waals surface area contributed by atoms with Crippen LogP contribution in [0.1, 0.15) is 59.9 Å². The van der Waals surface area contributed by atoms with Gasteiger partial charge in [-0.05, 0) is 86.6 Å². The summed E-state index contributed by atoms with van der Waals surface area (Å²) in [5, 5.41) is 16.5. The molecule has 1 fully saturated rings. The van der Waals surface area contributed by atoms with Crippen LogP contribution in [0.15, 0.2) is 54.4 Å². The molecule has 6 nitrogen and oxygen atoms in total. The lowest BCUT2D eigenvalue weighted by Crippen LogP contribution is -2.47. The van der Waals surface area contributed by atoms with Gasteiger partial charge in [-0.25, -0.2) is 9.07 Å². The lowest BCUT2D eigenvalue weighted by Gasteiger charge is -2.45. The van der Waals surface area contributed by atoms with Crippen molar-refractivity contribution in [2.75, 3.05) is 0 Å². The SMILES string of the molecule is CC[C@]12Cc3cnn(-c4ccc(F)cc4)c3C=C1CC[C@@]2(O)CCc1ncccc1C(N)=O. The van der Waals surface area contributed by atoms with Gasteiger partial charge in [0.1, 0.15) is 5.82 Å². The normalized spacial score (nSPS) is 23.7. The molecule has 3 aromatic rings. The molecule has 1 saturated carbocycles. The first-order chi connectivity index (χ1) is 15.9.